The molecule has 8 nitrogen and oxygen atoms in total. The Hall–Kier alpha value is -3.81. The monoisotopic (exact) mass is 405 g/mol. The molecule has 30 heavy (non-hydrogen) atoms. The van der Waals surface area contributed by atoms with Crippen LogP contribution >= 0.6 is 0 Å². The number of amides is 1. The topological polar surface area (TPSA) is 90.3 Å². The van der Waals surface area contributed by atoms with E-state index in [1.165, 1.54) is 6.33 Å². The van der Waals surface area contributed by atoms with Gasteiger partial charge in [0, 0.05) is 11.3 Å². The number of allylic oxidation sites excluding steroid dienone is 1. The minimum atomic E-state index is -0.499. The lowest BCUT2D eigenvalue weighted by Gasteiger charge is -2.29. The molecule has 0 saturated heterocycles. The molecule has 1 amide bonds. The highest BCUT2D eigenvalue weighted by Gasteiger charge is 2.35. The minimum absolute atomic E-state index is 0.262. The summed E-state index contributed by atoms with van der Waals surface area (Å²) in [5.74, 6) is 1.59. The number of hydrogen-bond donors (Lipinski definition) is 2. The van der Waals surface area contributed by atoms with E-state index in [0.29, 0.717) is 41.0 Å². The molecule has 0 aliphatic carbocycles. The molecule has 0 spiro atoms. The van der Waals surface area contributed by atoms with Crippen molar-refractivity contribution in [3.63, 3.8) is 0 Å². The molecule has 1 aromatic heterocycles. The van der Waals surface area contributed by atoms with Crippen molar-refractivity contribution in [2.24, 2.45) is 0 Å². The van der Waals surface area contributed by atoms with Gasteiger partial charge in [-0.15, -0.1) is 0 Å². The van der Waals surface area contributed by atoms with Crippen molar-refractivity contribution in [3.8, 4) is 11.5 Å². The number of carbonyl (C=O) groups excluding carboxylic acids is 1. The van der Waals surface area contributed by atoms with E-state index in [4.69, 9.17) is 9.47 Å². The summed E-state index contributed by atoms with van der Waals surface area (Å²) in [6.45, 7) is 4.29. The Morgan fingerprint density at radius 1 is 1.17 bits per heavy atom. The fourth-order valence-electron chi connectivity index (χ4n) is 3.60. The van der Waals surface area contributed by atoms with Gasteiger partial charge in [0.05, 0.1) is 25.0 Å². The van der Waals surface area contributed by atoms with Gasteiger partial charge in [0.25, 0.3) is 5.91 Å². The number of nitrogens with one attached hydrogen (secondary N) is 2. The van der Waals surface area contributed by atoms with Crippen LogP contribution in [0.4, 0.5) is 11.6 Å². The molecular weight excluding hydrogens is 382 g/mol. The molecular formula is C22H23N5O3. The van der Waals surface area contributed by atoms with Crippen molar-refractivity contribution >= 4 is 17.5 Å². The summed E-state index contributed by atoms with van der Waals surface area (Å²) in [7, 11) is 1.57. The number of ether oxygens (including phenoxy) is 2. The van der Waals surface area contributed by atoms with Gasteiger partial charge in [-0.25, -0.2) is 4.68 Å². The maximum Gasteiger partial charge on any atom is 0.255 e. The highest BCUT2D eigenvalue weighted by Crippen LogP contribution is 2.39. The van der Waals surface area contributed by atoms with E-state index >= 15 is 0 Å². The van der Waals surface area contributed by atoms with Crippen LogP contribution in [-0.2, 0) is 4.79 Å². The second kappa shape index (κ2) is 8.28. The zero-order chi connectivity index (χ0) is 21.1. The quantitative estimate of drug-likeness (QED) is 0.651. The number of carbonyl (C=O) groups is 1. The van der Waals surface area contributed by atoms with Gasteiger partial charge in [0.15, 0.2) is 0 Å². The Bertz CT molecular complexity index is 1110. The van der Waals surface area contributed by atoms with Crippen LogP contribution in [-0.4, -0.2) is 34.4 Å². The second-order valence-electron chi connectivity index (χ2n) is 6.72. The summed E-state index contributed by atoms with van der Waals surface area (Å²) in [6, 6.07) is 14.4. The van der Waals surface area contributed by atoms with Gasteiger partial charge in [-0.1, -0.05) is 30.3 Å². The van der Waals surface area contributed by atoms with Gasteiger partial charge < -0.3 is 20.1 Å². The van der Waals surface area contributed by atoms with Crippen molar-refractivity contribution in [2.75, 3.05) is 24.4 Å². The number of benzene rings is 2. The summed E-state index contributed by atoms with van der Waals surface area (Å²) >= 11 is 0. The average Bonchev–Trinajstić information content (AvgIpc) is 3.22. The first-order valence-corrected chi connectivity index (χ1v) is 9.67. The Labute approximate surface area is 174 Å². The summed E-state index contributed by atoms with van der Waals surface area (Å²) in [5, 5.41) is 10.5. The van der Waals surface area contributed by atoms with E-state index in [1.54, 1.807) is 23.9 Å². The van der Waals surface area contributed by atoms with Crippen LogP contribution in [0.5, 0.6) is 11.5 Å². The largest absolute Gasteiger partial charge is 0.495 e. The lowest BCUT2D eigenvalue weighted by atomic mass is 9.94. The molecule has 154 valence electrons. The number of aromatic nitrogens is 3. The van der Waals surface area contributed by atoms with E-state index in [2.05, 4.69) is 20.7 Å². The van der Waals surface area contributed by atoms with Crippen molar-refractivity contribution in [3.05, 3.63) is 71.7 Å². The minimum Gasteiger partial charge on any atom is -0.495 e. The van der Waals surface area contributed by atoms with E-state index in [0.717, 1.165) is 5.56 Å². The van der Waals surface area contributed by atoms with Crippen molar-refractivity contribution in [2.45, 2.75) is 19.9 Å². The highest BCUT2D eigenvalue weighted by molar-refractivity contribution is 6.06. The Balaban J connectivity index is 1.80. The fraction of sp³-hybridized carbons (Fsp3) is 0.227. The van der Waals surface area contributed by atoms with Gasteiger partial charge >= 0.3 is 0 Å². The Morgan fingerprint density at radius 2 is 1.90 bits per heavy atom. The number of rotatable bonds is 6. The zero-order valence-electron chi connectivity index (χ0n) is 17.0. The number of nitrogens with zero attached hydrogens (tertiary/aromatic N) is 3. The maximum absolute atomic E-state index is 13.5. The molecule has 2 N–H and O–H groups in total. The smallest absolute Gasteiger partial charge is 0.255 e. The number of hydrogen-bond acceptors (Lipinski definition) is 6. The number of anilines is 2. The normalized spacial score (nSPS) is 15.2. The molecule has 3 aromatic rings. The van der Waals surface area contributed by atoms with Crippen LogP contribution in [0.25, 0.3) is 0 Å². The third kappa shape index (κ3) is 3.47. The van der Waals surface area contributed by atoms with Crippen molar-refractivity contribution in [1.29, 1.82) is 0 Å². The third-order valence-electron chi connectivity index (χ3n) is 4.91. The van der Waals surface area contributed by atoms with Crippen LogP contribution in [0.15, 0.2) is 66.1 Å². The summed E-state index contributed by atoms with van der Waals surface area (Å²) < 4.78 is 12.9. The van der Waals surface area contributed by atoms with E-state index in [-0.39, 0.29) is 5.91 Å². The predicted octanol–water partition coefficient (Wildman–Crippen LogP) is 3.61. The molecule has 0 fully saturated rings. The van der Waals surface area contributed by atoms with Gasteiger partial charge in [-0.2, -0.15) is 10.1 Å². The molecule has 8 heteroatoms. The fourth-order valence-corrected chi connectivity index (χ4v) is 3.60. The molecule has 0 unspecified atom stereocenters. The van der Waals surface area contributed by atoms with E-state index < -0.39 is 6.04 Å². The second-order valence-corrected chi connectivity index (χ2v) is 6.72. The van der Waals surface area contributed by atoms with Crippen LogP contribution < -0.4 is 20.1 Å². The standard InChI is InChI=1S/C22H23N5O3/c1-4-30-17-11-7-5-9-15(17)20-19(14(2)25-22-23-13-24-27(20)22)21(28)26-16-10-6-8-12-18(16)29-3/h5-13,20H,4H2,1-3H3,(H,26,28)(H,23,24,25)/t20-/m1/s1. The van der Waals surface area contributed by atoms with Gasteiger partial charge in [-0.3, -0.25) is 4.79 Å². The van der Waals surface area contributed by atoms with Crippen LogP contribution in [0.2, 0.25) is 0 Å². The summed E-state index contributed by atoms with van der Waals surface area (Å²) in [6.07, 6.45) is 1.47. The number of para-hydroxylation sites is 3. The Kier molecular flexibility index (Phi) is 5.38. The molecule has 2 heterocycles. The molecule has 0 radical (unpaired) electrons. The molecule has 0 saturated carbocycles. The SMILES string of the molecule is CCOc1ccccc1[C@@H]1C(C(=O)Nc2ccccc2OC)=C(C)Nc2ncnn21. The number of fused-ring (bicyclic) bond motifs is 1. The first kappa shape index (κ1) is 19.5. The molecule has 0 bridgehead atoms. The molecule has 1 atom stereocenters. The van der Waals surface area contributed by atoms with Crippen molar-refractivity contribution in [1.82, 2.24) is 14.8 Å². The predicted molar refractivity (Wildman–Crippen MR) is 114 cm³/mol. The van der Waals surface area contributed by atoms with Gasteiger partial charge in [-0.05, 0) is 32.0 Å². The van der Waals surface area contributed by atoms with Crippen LogP contribution in [0.1, 0.15) is 25.5 Å². The summed E-state index contributed by atoms with van der Waals surface area (Å²) in [5.41, 5.74) is 2.63. The highest BCUT2D eigenvalue weighted by atomic mass is 16.5. The first-order valence-electron chi connectivity index (χ1n) is 9.67. The Morgan fingerprint density at radius 3 is 2.67 bits per heavy atom. The molecule has 2 aromatic carbocycles. The molecule has 4 rings (SSSR count). The van der Waals surface area contributed by atoms with Gasteiger partial charge in [0.1, 0.15) is 23.9 Å². The first-order chi connectivity index (χ1) is 14.6. The lowest BCUT2D eigenvalue weighted by molar-refractivity contribution is -0.113. The van der Waals surface area contributed by atoms with Crippen LogP contribution in [0, 0.1) is 0 Å². The molecule has 1 aliphatic heterocycles. The van der Waals surface area contributed by atoms with E-state index in [9.17, 15) is 4.79 Å². The maximum atomic E-state index is 13.5. The van der Waals surface area contributed by atoms with Gasteiger partial charge in [0.2, 0.25) is 5.95 Å². The van der Waals surface area contributed by atoms with Crippen molar-refractivity contribution < 1.29 is 14.3 Å². The third-order valence-corrected chi connectivity index (χ3v) is 4.91. The van der Waals surface area contributed by atoms with E-state index in [1.807, 2.05) is 50.2 Å². The van der Waals surface area contributed by atoms with Crippen LogP contribution in [0.3, 0.4) is 0 Å². The lowest BCUT2D eigenvalue weighted by Crippen LogP contribution is -2.31. The average molecular weight is 405 g/mol. The zero-order valence-corrected chi connectivity index (χ0v) is 17.0. The molecule has 1 aliphatic rings. The summed E-state index contributed by atoms with van der Waals surface area (Å²) in [4.78, 5) is 17.7. The number of methoxy groups -OCH3 is 1.